The Morgan fingerprint density at radius 1 is 1.35 bits per heavy atom. The fourth-order valence-electron chi connectivity index (χ4n) is 2.54. The standard InChI is InChI=1S/C15H17F3N2O3/c1-19(9-15(16,17)18)14(22)10-7-13(21)20(8-10)11-3-5-12(23-2)6-4-11/h3-6,10H,7-9H2,1-2H3/t10-/m1/s1. The summed E-state index contributed by atoms with van der Waals surface area (Å²) >= 11 is 0. The Hall–Kier alpha value is -2.25. The van der Waals surface area contributed by atoms with Crippen LogP contribution in [0.2, 0.25) is 0 Å². The van der Waals surface area contributed by atoms with Crippen LogP contribution in [0.4, 0.5) is 18.9 Å². The fraction of sp³-hybridized carbons (Fsp3) is 0.467. The summed E-state index contributed by atoms with van der Waals surface area (Å²) in [6.07, 6.45) is -4.55. The number of amides is 2. The van der Waals surface area contributed by atoms with Crippen molar-refractivity contribution in [2.45, 2.75) is 12.6 Å². The van der Waals surface area contributed by atoms with Crippen molar-refractivity contribution in [1.82, 2.24) is 4.90 Å². The molecule has 5 nitrogen and oxygen atoms in total. The van der Waals surface area contributed by atoms with E-state index in [1.165, 1.54) is 12.0 Å². The molecule has 1 atom stereocenters. The molecule has 0 unspecified atom stereocenters. The number of methoxy groups -OCH3 is 1. The maximum absolute atomic E-state index is 12.4. The number of ether oxygens (including phenoxy) is 1. The van der Waals surface area contributed by atoms with Gasteiger partial charge in [0.25, 0.3) is 0 Å². The molecule has 1 heterocycles. The molecule has 8 heteroatoms. The summed E-state index contributed by atoms with van der Waals surface area (Å²) in [6, 6.07) is 6.69. The van der Waals surface area contributed by atoms with E-state index in [1.54, 1.807) is 24.3 Å². The number of anilines is 1. The van der Waals surface area contributed by atoms with Crippen molar-refractivity contribution >= 4 is 17.5 Å². The van der Waals surface area contributed by atoms with E-state index in [2.05, 4.69) is 0 Å². The SMILES string of the molecule is COc1ccc(N2C[C@H](C(=O)N(C)CC(F)(F)F)CC2=O)cc1. The van der Waals surface area contributed by atoms with Crippen LogP contribution in [0.3, 0.4) is 0 Å². The Bertz CT molecular complexity index is 587. The molecule has 1 aliphatic heterocycles. The van der Waals surface area contributed by atoms with E-state index in [0.29, 0.717) is 16.3 Å². The molecule has 1 fully saturated rings. The number of benzene rings is 1. The van der Waals surface area contributed by atoms with Crippen LogP contribution >= 0.6 is 0 Å². The van der Waals surface area contributed by atoms with Gasteiger partial charge in [0, 0.05) is 25.7 Å². The first kappa shape index (κ1) is 17.1. The average Bonchev–Trinajstić information content (AvgIpc) is 2.86. The minimum absolute atomic E-state index is 0.0756. The summed E-state index contributed by atoms with van der Waals surface area (Å²) in [5, 5.41) is 0. The minimum Gasteiger partial charge on any atom is -0.497 e. The van der Waals surface area contributed by atoms with Gasteiger partial charge < -0.3 is 14.5 Å². The highest BCUT2D eigenvalue weighted by Gasteiger charge is 2.39. The predicted molar refractivity (Wildman–Crippen MR) is 77.1 cm³/mol. The lowest BCUT2D eigenvalue weighted by Gasteiger charge is -2.22. The molecule has 0 aliphatic carbocycles. The second-order valence-corrected chi connectivity index (χ2v) is 5.41. The van der Waals surface area contributed by atoms with Crippen LogP contribution in [0, 0.1) is 5.92 Å². The molecule has 1 aliphatic rings. The van der Waals surface area contributed by atoms with Crippen molar-refractivity contribution < 1.29 is 27.5 Å². The number of nitrogens with zero attached hydrogens (tertiary/aromatic N) is 2. The van der Waals surface area contributed by atoms with Crippen LogP contribution in [0.5, 0.6) is 5.75 Å². The number of hydrogen-bond donors (Lipinski definition) is 0. The van der Waals surface area contributed by atoms with E-state index < -0.39 is 24.5 Å². The minimum atomic E-state index is -4.46. The van der Waals surface area contributed by atoms with Crippen LogP contribution in [0.25, 0.3) is 0 Å². The lowest BCUT2D eigenvalue weighted by molar-refractivity contribution is -0.160. The number of halogens is 3. The van der Waals surface area contributed by atoms with Crippen molar-refractivity contribution in [1.29, 1.82) is 0 Å². The first-order valence-corrected chi connectivity index (χ1v) is 6.97. The smallest absolute Gasteiger partial charge is 0.406 e. The van der Waals surface area contributed by atoms with E-state index in [4.69, 9.17) is 4.74 Å². The molecule has 0 spiro atoms. The monoisotopic (exact) mass is 330 g/mol. The first-order valence-electron chi connectivity index (χ1n) is 6.97. The van der Waals surface area contributed by atoms with Crippen molar-refractivity contribution in [3.63, 3.8) is 0 Å². The lowest BCUT2D eigenvalue weighted by Crippen LogP contribution is -2.40. The van der Waals surface area contributed by atoms with Crippen LogP contribution in [0.1, 0.15) is 6.42 Å². The molecule has 0 radical (unpaired) electrons. The molecule has 0 bridgehead atoms. The Labute approximate surface area is 131 Å². The van der Waals surface area contributed by atoms with E-state index >= 15 is 0 Å². The number of carbonyl (C=O) groups excluding carboxylic acids is 2. The summed E-state index contributed by atoms with van der Waals surface area (Å²) in [7, 11) is 2.61. The van der Waals surface area contributed by atoms with Gasteiger partial charge in [-0.05, 0) is 24.3 Å². The normalized spacial score (nSPS) is 18.2. The van der Waals surface area contributed by atoms with Crippen LogP contribution in [0.15, 0.2) is 24.3 Å². The summed E-state index contributed by atoms with van der Waals surface area (Å²) in [6.45, 7) is -1.24. The van der Waals surface area contributed by atoms with Crippen LogP contribution < -0.4 is 9.64 Å². The Kier molecular flexibility index (Phi) is 4.82. The van der Waals surface area contributed by atoms with Gasteiger partial charge in [-0.2, -0.15) is 13.2 Å². The zero-order valence-electron chi connectivity index (χ0n) is 12.8. The molecule has 0 saturated carbocycles. The molecule has 126 valence electrons. The van der Waals surface area contributed by atoms with E-state index in [0.717, 1.165) is 7.05 Å². The highest BCUT2D eigenvalue weighted by molar-refractivity contribution is 6.00. The third-order valence-corrected chi connectivity index (χ3v) is 3.65. The highest BCUT2D eigenvalue weighted by atomic mass is 19.4. The predicted octanol–water partition coefficient (Wildman–Crippen LogP) is 2.07. The third-order valence-electron chi connectivity index (χ3n) is 3.65. The molecular formula is C15H17F3N2O3. The second-order valence-electron chi connectivity index (χ2n) is 5.41. The maximum atomic E-state index is 12.4. The lowest BCUT2D eigenvalue weighted by atomic mass is 10.1. The van der Waals surface area contributed by atoms with Gasteiger partial charge in [0.15, 0.2) is 0 Å². The summed E-state index contributed by atoms with van der Waals surface area (Å²) < 4.78 is 42.1. The fourth-order valence-corrected chi connectivity index (χ4v) is 2.54. The van der Waals surface area contributed by atoms with Gasteiger partial charge in [-0.3, -0.25) is 9.59 Å². The van der Waals surface area contributed by atoms with Gasteiger partial charge >= 0.3 is 6.18 Å². The highest BCUT2D eigenvalue weighted by Crippen LogP contribution is 2.28. The number of rotatable bonds is 4. The van der Waals surface area contributed by atoms with Gasteiger partial charge in [-0.15, -0.1) is 0 Å². The van der Waals surface area contributed by atoms with Crippen molar-refractivity contribution in [3.8, 4) is 5.75 Å². The number of carbonyl (C=O) groups is 2. The van der Waals surface area contributed by atoms with Gasteiger partial charge in [0.2, 0.25) is 11.8 Å². The largest absolute Gasteiger partial charge is 0.497 e. The number of hydrogen-bond acceptors (Lipinski definition) is 3. The molecule has 1 saturated heterocycles. The summed E-state index contributed by atoms with van der Waals surface area (Å²) in [5.74, 6) is -1.10. The first-order chi connectivity index (χ1) is 10.7. The quantitative estimate of drug-likeness (QED) is 0.849. The molecule has 0 N–H and O–H groups in total. The summed E-state index contributed by atoms with van der Waals surface area (Å²) in [4.78, 5) is 26.2. The topological polar surface area (TPSA) is 49.9 Å². The van der Waals surface area contributed by atoms with E-state index in [-0.39, 0.29) is 18.9 Å². The molecule has 23 heavy (non-hydrogen) atoms. The van der Waals surface area contributed by atoms with Gasteiger partial charge in [0.05, 0.1) is 13.0 Å². The number of alkyl halides is 3. The average molecular weight is 330 g/mol. The zero-order chi connectivity index (χ0) is 17.2. The molecule has 2 rings (SSSR count). The Balaban J connectivity index is 2.05. The molecule has 1 aromatic rings. The van der Waals surface area contributed by atoms with Crippen molar-refractivity contribution in [2.75, 3.05) is 32.1 Å². The summed E-state index contributed by atoms with van der Waals surface area (Å²) in [5.41, 5.74) is 0.588. The molecular weight excluding hydrogens is 313 g/mol. The van der Waals surface area contributed by atoms with Crippen molar-refractivity contribution in [2.24, 2.45) is 5.92 Å². The van der Waals surface area contributed by atoms with Gasteiger partial charge in [-0.1, -0.05) is 0 Å². The molecule has 2 amide bonds. The van der Waals surface area contributed by atoms with E-state index in [1.807, 2.05) is 0 Å². The second kappa shape index (κ2) is 6.47. The molecule has 1 aromatic carbocycles. The third kappa shape index (κ3) is 4.14. The van der Waals surface area contributed by atoms with Crippen molar-refractivity contribution in [3.05, 3.63) is 24.3 Å². The molecule has 0 aromatic heterocycles. The van der Waals surface area contributed by atoms with Gasteiger partial charge in [0.1, 0.15) is 12.3 Å². The van der Waals surface area contributed by atoms with E-state index in [9.17, 15) is 22.8 Å². The Morgan fingerprint density at radius 2 is 1.96 bits per heavy atom. The zero-order valence-corrected chi connectivity index (χ0v) is 12.8. The maximum Gasteiger partial charge on any atom is 0.406 e. The van der Waals surface area contributed by atoms with Crippen LogP contribution in [-0.4, -0.2) is 50.1 Å². The van der Waals surface area contributed by atoms with Crippen LogP contribution in [-0.2, 0) is 9.59 Å². The van der Waals surface area contributed by atoms with Gasteiger partial charge in [-0.25, -0.2) is 0 Å². The Morgan fingerprint density at radius 3 is 2.48 bits per heavy atom.